The number of aliphatic hydroxyl groups is 1. The summed E-state index contributed by atoms with van der Waals surface area (Å²) < 4.78 is 26.7. The first-order valence-corrected chi connectivity index (χ1v) is 9.47. The van der Waals surface area contributed by atoms with E-state index in [0.29, 0.717) is 11.1 Å². The summed E-state index contributed by atoms with van der Waals surface area (Å²) in [4.78, 5) is 12.0. The summed E-state index contributed by atoms with van der Waals surface area (Å²) in [6.07, 6.45) is 0. The number of carbonyl (C=O) groups is 1. The van der Waals surface area contributed by atoms with E-state index in [4.69, 9.17) is 5.73 Å². The van der Waals surface area contributed by atoms with E-state index in [2.05, 4.69) is 4.72 Å². The van der Waals surface area contributed by atoms with Gasteiger partial charge in [-0.15, -0.1) is 0 Å². The van der Waals surface area contributed by atoms with E-state index < -0.39 is 21.5 Å². The van der Waals surface area contributed by atoms with E-state index in [-0.39, 0.29) is 17.4 Å². The second-order valence-corrected chi connectivity index (χ2v) is 7.93. The minimum absolute atomic E-state index is 0.222. The van der Waals surface area contributed by atoms with E-state index in [1.54, 1.807) is 62.4 Å². The van der Waals surface area contributed by atoms with Crippen molar-refractivity contribution >= 4 is 15.9 Å². The predicted octanol–water partition coefficient (Wildman–Crippen LogP) is 1.24. The molecule has 0 bridgehead atoms. The number of hydrogen-bond acceptors (Lipinski definition) is 4. The van der Waals surface area contributed by atoms with Gasteiger partial charge in [-0.25, -0.2) is 13.1 Å². The first kappa shape index (κ1) is 19.1. The molecule has 1 atom stereocenters. The zero-order valence-corrected chi connectivity index (χ0v) is 15.0. The predicted molar refractivity (Wildman–Crippen MR) is 96.0 cm³/mol. The summed E-state index contributed by atoms with van der Waals surface area (Å²) >= 11 is 0. The molecule has 6 nitrogen and oxygen atoms in total. The minimum atomic E-state index is -3.53. The van der Waals surface area contributed by atoms with Gasteiger partial charge in [-0.3, -0.25) is 4.79 Å². The monoisotopic (exact) mass is 362 g/mol. The van der Waals surface area contributed by atoms with Gasteiger partial charge in [0.25, 0.3) is 5.91 Å². The molecule has 0 saturated carbocycles. The molecular formula is C18H22N2O4S. The Kier molecular flexibility index (Phi) is 5.62. The zero-order valence-electron chi connectivity index (χ0n) is 14.1. The third kappa shape index (κ3) is 4.45. The van der Waals surface area contributed by atoms with Crippen LogP contribution in [0.2, 0.25) is 0 Å². The van der Waals surface area contributed by atoms with Crippen molar-refractivity contribution in [1.82, 2.24) is 4.72 Å². The first-order chi connectivity index (χ1) is 11.6. The summed E-state index contributed by atoms with van der Waals surface area (Å²) in [6, 6.07) is 14.3. The van der Waals surface area contributed by atoms with Crippen molar-refractivity contribution in [2.24, 2.45) is 5.73 Å². The van der Waals surface area contributed by atoms with Gasteiger partial charge < -0.3 is 10.8 Å². The quantitative estimate of drug-likeness (QED) is 0.688. The second kappa shape index (κ2) is 7.35. The Morgan fingerprint density at radius 1 is 1.12 bits per heavy atom. The number of rotatable bonds is 7. The van der Waals surface area contributed by atoms with Crippen LogP contribution >= 0.6 is 0 Å². The third-order valence-corrected chi connectivity index (χ3v) is 5.21. The maximum atomic E-state index is 12.1. The first-order valence-electron chi connectivity index (χ1n) is 7.82. The average Bonchev–Trinajstić information content (AvgIpc) is 2.53. The van der Waals surface area contributed by atoms with Crippen LogP contribution in [0.4, 0.5) is 0 Å². The summed E-state index contributed by atoms with van der Waals surface area (Å²) in [5.41, 5.74) is 4.42. The average molecular weight is 362 g/mol. The highest BCUT2D eigenvalue weighted by Gasteiger charge is 2.38. The molecule has 0 aliphatic rings. The fraction of sp³-hybridized carbons (Fsp3) is 0.278. The van der Waals surface area contributed by atoms with Crippen molar-refractivity contribution in [3.8, 4) is 0 Å². The molecule has 0 saturated heterocycles. The lowest BCUT2D eigenvalue weighted by molar-refractivity contribution is -0.133. The largest absolute Gasteiger partial charge is 0.372 e. The highest BCUT2D eigenvalue weighted by Crippen LogP contribution is 2.30. The number of nitrogens with one attached hydrogen (secondary N) is 1. The van der Waals surface area contributed by atoms with E-state index in [0.717, 1.165) is 0 Å². The van der Waals surface area contributed by atoms with Crippen LogP contribution in [0.1, 0.15) is 30.5 Å². The van der Waals surface area contributed by atoms with Gasteiger partial charge in [-0.05, 0) is 30.5 Å². The van der Waals surface area contributed by atoms with Crippen LogP contribution in [0.5, 0.6) is 0 Å². The molecule has 7 heteroatoms. The Bertz CT molecular complexity index is 850. The highest BCUT2D eigenvalue weighted by molar-refractivity contribution is 7.88. The molecular weight excluding hydrogens is 340 g/mol. The van der Waals surface area contributed by atoms with Crippen molar-refractivity contribution in [2.45, 2.75) is 31.2 Å². The van der Waals surface area contributed by atoms with Crippen molar-refractivity contribution in [1.29, 1.82) is 0 Å². The standard InChI is InChI=1S/C18H22N2O4S/c1-13(2)20-25(23,24)12-14-7-6-10-16(11-14)18(22,17(19)21)15-8-4-3-5-9-15/h3-11,13,20,22H,12H2,1-2H3,(H2,19,21). The lowest BCUT2D eigenvalue weighted by Crippen LogP contribution is -2.42. The van der Waals surface area contributed by atoms with Crippen LogP contribution in [-0.4, -0.2) is 25.5 Å². The topological polar surface area (TPSA) is 109 Å². The molecule has 0 aliphatic heterocycles. The molecule has 25 heavy (non-hydrogen) atoms. The van der Waals surface area contributed by atoms with Gasteiger partial charge in [0.05, 0.1) is 5.75 Å². The van der Waals surface area contributed by atoms with Crippen molar-refractivity contribution in [3.63, 3.8) is 0 Å². The van der Waals surface area contributed by atoms with E-state index >= 15 is 0 Å². The third-order valence-electron chi connectivity index (χ3n) is 3.66. The summed E-state index contributed by atoms with van der Waals surface area (Å²) in [7, 11) is -3.53. The molecule has 2 aromatic rings. The molecule has 4 N–H and O–H groups in total. The van der Waals surface area contributed by atoms with Gasteiger partial charge >= 0.3 is 0 Å². The van der Waals surface area contributed by atoms with E-state index in [1.807, 2.05) is 0 Å². The van der Waals surface area contributed by atoms with Crippen LogP contribution in [0, 0.1) is 0 Å². The molecule has 1 amide bonds. The molecule has 0 radical (unpaired) electrons. The molecule has 0 spiro atoms. The maximum absolute atomic E-state index is 12.1. The number of primary amides is 1. The van der Waals surface area contributed by atoms with Gasteiger partial charge in [-0.2, -0.15) is 0 Å². The Hall–Kier alpha value is -2.22. The van der Waals surface area contributed by atoms with Crippen molar-refractivity contribution in [2.75, 3.05) is 0 Å². The van der Waals surface area contributed by atoms with Gasteiger partial charge in [0.1, 0.15) is 0 Å². The second-order valence-electron chi connectivity index (χ2n) is 6.17. The number of carbonyl (C=O) groups excluding carboxylic acids is 1. The maximum Gasteiger partial charge on any atom is 0.258 e. The van der Waals surface area contributed by atoms with Crippen LogP contribution in [0.15, 0.2) is 54.6 Å². The number of nitrogens with two attached hydrogens (primary N) is 1. The summed E-state index contributed by atoms with van der Waals surface area (Å²) in [6.45, 7) is 3.46. The smallest absolute Gasteiger partial charge is 0.258 e. The van der Waals surface area contributed by atoms with Crippen LogP contribution in [-0.2, 0) is 26.2 Å². The van der Waals surface area contributed by atoms with E-state index in [1.165, 1.54) is 6.07 Å². The lowest BCUT2D eigenvalue weighted by atomic mass is 9.85. The Balaban J connectivity index is 2.44. The number of sulfonamides is 1. The van der Waals surface area contributed by atoms with Crippen molar-refractivity contribution < 1.29 is 18.3 Å². The zero-order chi connectivity index (χ0) is 18.7. The van der Waals surface area contributed by atoms with Gasteiger partial charge in [0.2, 0.25) is 10.0 Å². The lowest BCUT2D eigenvalue weighted by Gasteiger charge is -2.26. The molecule has 2 rings (SSSR count). The fourth-order valence-electron chi connectivity index (χ4n) is 2.64. The number of hydrogen-bond donors (Lipinski definition) is 3. The van der Waals surface area contributed by atoms with Gasteiger partial charge in [0.15, 0.2) is 5.60 Å². The molecule has 0 heterocycles. The Morgan fingerprint density at radius 3 is 2.28 bits per heavy atom. The number of amides is 1. The summed E-state index contributed by atoms with van der Waals surface area (Å²) in [5.74, 6) is -1.19. The van der Waals surface area contributed by atoms with Crippen molar-refractivity contribution in [3.05, 3.63) is 71.3 Å². The normalized spacial score (nSPS) is 14.2. The molecule has 2 aromatic carbocycles. The van der Waals surface area contributed by atoms with Gasteiger partial charge in [0, 0.05) is 6.04 Å². The SMILES string of the molecule is CC(C)NS(=O)(=O)Cc1cccc(C(O)(C(N)=O)c2ccccc2)c1. The molecule has 134 valence electrons. The number of benzene rings is 2. The Labute approximate surface area is 147 Å². The van der Waals surface area contributed by atoms with E-state index in [9.17, 15) is 18.3 Å². The van der Waals surface area contributed by atoms with Gasteiger partial charge in [-0.1, -0.05) is 54.6 Å². The molecule has 1 unspecified atom stereocenters. The Morgan fingerprint density at radius 2 is 1.72 bits per heavy atom. The minimum Gasteiger partial charge on any atom is -0.372 e. The summed E-state index contributed by atoms with van der Waals surface area (Å²) in [5, 5.41) is 11.0. The molecule has 0 aliphatic carbocycles. The van der Waals surface area contributed by atoms with Crippen LogP contribution in [0.25, 0.3) is 0 Å². The fourth-order valence-corrected chi connectivity index (χ4v) is 4.06. The van der Waals surface area contributed by atoms with Crippen LogP contribution in [0.3, 0.4) is 0 Å². The molecule has 0 fully saturated rings. The molecule has 0 aromatic heterocycles. The van der Waals surface area contributed by atoms with Crippen LogP contribution < -0.4 is 10.5 Å². The highest BCUT2D eigenvalue weighted by atomic mass is 32.2.